The van der Waals surface area contributed by atoms with Gasteiger partial charge < -0.3 is 9.47 Å². The summed E-state index contributed by atoms with van der Waals surface area (Å²) in [7, 11) is 1.45. The van der Waals surface area contributed by atoms with Gasteiger partial charge in [-0.25, -0.2) is 0 Å². The average Bonchev–Trinajstić information content (AvgIpc) is 2.70. The van der Waals surface area contributed by atoms with Gasteiger partial charge >= 0.3 is 5.97 Å². The highest BCUT2D eigenvalue weighted by molar-refractivity contribution is 6.00. The molecule has 0 spiro atoms. The van der Waals surface area contributed by atoms with Gasteiger partial charge in [0.2, 0.25) is 0 Å². The third-order valence-corrected chi connectivity index (χ3v) is 4.97. The molecule has 0 N–H and O–H groups in total. The van der Waals surface area contributed by atoms with Crippen LogP contribution in [0.3, 0.4) is 0 Å². The van der Waals surface area contributed by atoms with Gasteiger partial charge in [-0.05, 0) is 47.2 Å². The molecule has 0 unspecified atom stereocenters. The first kappa shape index (κ1) is 19.2. The van der Waals surface area contributed by atoms with Crippen LogP contribution in [0.1, 0.15) is 44.9 Å². The third kappa shape index (κ3) is 5.46. The van der Waals surface area contributed by atoms with Crippen LogP contribution in [0.2, 0.25) is 0 Å². The molecule has 0 saturated carbocycles. The van der Waals surface area contributed by atoms with Crippen molar-refractivity contribution in [1.29, 1.82) is 0 Å². The number of ether oxygens (including phenoxy) is 2. The smallest absolute Gasteiger partial charge is 0.305 e. The van der Waals surface area contributed by atoms with Crippen LogP contribution >= 0.6 is 0 Å². The minimum Gasteiger partial charge on any atom is -0.493 e. The number of unbranched alkanes of at least 4 members (excludes halogenated alkanes) is 5. The highest BCUT2D eigenvalue weighted by Crippen LogP contribution is 2.30. The van der Waals surface area contributed by atoms with E-state index in [1.807, 2.05) is 0 Å². The second-order valence-electron chi connectivity index (χ2n) is 6.97. The number of carbonyl (C=O) groups is 1. The normalized spacial score (nSPS) is 11.0. The van der Waals surface area contributed by atoms with Crippen molar-refractivity contribution in [2.75, 3.05) is 13.7 Å². The van der Waals surface area contributed by atoms with Gasteiger partial charge in [0.1, 0.15) is 5.75 Å². The van der Waals surface area contributed by atoms with Crippen molar-refractivity contribution in [1.82, 2.24) is 0 Å². The molecule has 0 amide bonds. The first-order valence-corrected chi connectivity index (χ1v) is 9.89. The van der Waals surface area contributed by atoms with Gasteiger partial charge in [-0.15, -0.1) is 0 Å². The molecule has 3 nitrogen and oxygen atoms in total. The topological polar surface area (TPSA) is 35.5 Å². The highest BCUT2D eigenvalue weighted by atomic mass is 16.5. The van der Waals surface area contributed by atoms with E-state index in [9.17, 15) is 4.79 Å². The zero-order chi connectivity index (χ0) is 18.9. The summed E-state index contributed by atoms with van der Waals surface area (Å²) in [6.45, 7) is 0.744. The SMILES string of the molecule is COC(=O)CCCCCCCCOc1cccc2cc3ccccc3cc12. The zero-order valence-corrected chi connectivity index (χ0v) is 16.1. The van der Waals surface area contributed by atoms with Gasteiger partial charge in [-0.2, -0.15) is 0 Å². The van der Waals surface area contributed by atoms with E-state index in [1.165, 1.54) is 35.1 Å². The summed E-state index contributed by atoms with van der Waals surface area (Å²) >= 11 is 0. The molecular formula is C24H28O3. The minimum absolute atomic E-state index is 0.105. The zero-order valence-electron chi connectivity index (χ0n) is 16.1. The van der Waals surface area contributed by atoms with Crippen LogP contribution in [-0.4, -0.2) is 19.7 Å². The number of esters is 1. The van der Waals surface area contributed by atoms with Gasteiger partial charge in [-0.3, -0.25) is 4.79 Å². The molecular weight excluding hydrogens is 336 g/mol. The van der Waals surface area contributed by atoms with E-state index in [1.54, 1.807) is 0 Å². The Bertz CT molecular complexity index is 885. The standard InChI is InChI=1S/C24H28O3/c1-26-24(25)15-6-4-2-3-5-9-16-27-23-14-10-13-21-17-19-11-7-8-12-20(19)18-22(21)23/h7-8,10-14,17-18H,2-6,9,15-16H2,1H3. The van der Waals surface area contributed by atoms with Gasteiger partial charge in [-0.1, -0.05) is 62.1 Å². The van der Waals surface area contributed by atoms with Gasteiger partial charge in [0.15, 0.2) is 0 Å². The third-order valence-electron chi connectivity index (χ3n) is 4.97. The van der Waals surface area contributed by atoms with Crippen molar-refractivity contribution in [2.45, 2.75) is 44.9 Å². The Kier molecular flexibility index (Phi) is 7.09. The van der Waals surface area contributed by atoms with Crippen molar-refractivity contribution < 1.29 is 14.3 Å². The van der Waals surface area contributed by atoms with Crippen molar-refractivity contribution in [2.24, 2.45) is 0 Å². The van der Waals surface area contributed by atoms with Crippen LogP contribution in [-0.2, 0) is 9.53 Å². The Morgan fingerprint density at radius 2 is 1.44 bits per heavy atom. The first-order valence-electron chi connectivity index (χ1n) is 9.89. The summed E-state index contributed by atoms with van der Waals surface area (Å²) < 4.78 is 10.7. The van der Waals surface area contributed by atoms with E-state index in [0.29, 0.717) is 6.42 Å². The van der Waals surface area contributed by atoms with Crippen LogP contribution in [0.4, 0.5) is 0 Å². The molecule has 3 aromatic rings. The molecule has 3 rings (SSSR count). The maximum absolute atomic E-state index is 11.0. The molecule has 0 heterocycles. The molecule has 0 fully saturated rings. The lowest BCUT2D eigenvalue weighted by Crippen LogP contribution is -1.99. The first-order chi connectivity index (χ1) is 13.3. The number of methoxy groups -OCH3 is 1. The second kappa shape index (κ2) is 9.96. The van der Waals surface area contributed by atoms with Crippen molar-refractivity contribution in [3.05, 3.63) is 54.6 Å². The molecule has 3 aromatic carbocycles. The minimum atomic E-state index is -0.105. The molecule has 0 saturated heterocycles. The van der Waals surface area contributed by atoms with Crippen molar-refractivity contribution in [3.63, 3.8) is 0 Å². The van der Waals surface area contributed by atoms with E-state index in [-0.39, 0.29) is 5.97 Å². The fraction of sp³-hybridized carbons (Fsp3) is 0.375. The van der Waals surface area contributed by atoms with E-state index in [0.717, 1.165) is 44.5 Å². The summed E-state index contributed by atoms with van der Waals surface area (Å²) in [6, 6.07) is 19.2. The molecule has 0 radical (unpaired) electrons. The van der Waals surface area contributed by atoms with Gasteiger partial charge in [0, 0.05) is 11.8 Å². The summed E-state index contributed by atoms with van der Waals surface area (Å²) in [4.78, 5) is 11.0. The number of hydrogen-bond acceptors (Lipinski definition) is 3. The Hall–Kier alpha value is -2.55. The van der Waals surface area contributed by atoms with Crippen LogP contribution in [0.15, 0.2) is 54.6 Å². The number of benzene rings is 3. The molecule has 0 aliphatic rings. The molecule has 0 aliphatic heterocycles. The van der Waals surface area contributed by atoms with E-state index in [2.05, 4.69) is 59.3 Å². The maximum atomic E-state index is 11.0. The summed E-state index contributed by atoms with van der Waals surface area (Å²) in [5.74, 6) is 0.864. The Morgan fingerprint density at radius 3 is 2.22 bits per heavy atom. The lowest BCUT2D eigenvalue weighted by atomic mass is 10.0. The number of carbonyl (C=O) groups excluding carboxylic acids is 1. The monoisotopic (exact) mass is 364 g/mol. The summed E-state index contributed by atoms with van der Waals surface area (Å²) in [6.07, 6.45) is 7.11. The van der Waals surface area contributed by atoms with Crippen LogP contribution < -0.4 is 4.74 Å². The highest BCUT2D eigenvalue weighted by Gasteiger charge is 2.04. The molecule has 0 aliphatic carbocycles. The summed E-state index contributed by atoms with van der Waals surface area (Å²) in [5, 5.41) is 4.90. The molecule has 3 heteroatoms. The predicted octanol–water partition coefficient (Wildman–Crippen LogP) is 6.28. The van der Waals surface area contributed by atoms with Crippen LogP contribution in [0.25, 0.3) is 21.5 Å². The van der Waals surface area contributed by atoms with Gasteiger partial charge in [0.05, 0.1) is 13.7 Å². The predicted molar refractivity (Wildman–Crippen MR) is 111 cm³/mol. The number of fused-ring (bicyclic) bond motifs is 2. The van der Waals surface area contributed by atoms with E-state index >= 15 is 0 Å². The Labute approximate surface area is 161 Å². The summed E-state index contributed by atoms with van der Waals surface area (Å²) in [5.41, 5.74) is 0. The van der Waals surface area contributed by atoms with Gasteiger partial charge in [0.25, 0.3) is 0 Å². The average molecular weight is 364 g/mol. The maximum Gasteiger partial charge on any atom is 0.305 e. The van der Waals surface area contributed by atoms with Crippen molar-refractivity contribution in [3.8, 4) is 5.75 Å². The lowest BCUT2D eigenvalue weighted by molar-refractivity contribution is -0.140. The fourth-order valence-corrected chi connectivity index (χ4v) is 3.43. The van der Waals surface area contributed by atoms with E-state index < -0.39 is 0 Å². The largest absolute Gasteiger partial charge is 0.493 e. The fourth-order valence-electron chi connectivity index (χ4n) is 3.43. The van der Waals surface area contributed by atoms with Crippen LogP contribution in [0, 0.1) is 0 Å². The quantitative estimate of drug-likeness (QED) is 0.241. The molecule has 27 heavy (non-hydrogen) atoms. The molecule has 0 atom stereocenters. The molecule has 142 valence electrons. The number of rotatable bonds is 10. The number of hydrogen-bond donors (Lipinski definition) is 0. The Balaban J connectivity index is 1.44. The Morgan fingerprint density at radius 1 is 0.778 bits per heavy atom. The second-order valence-corrected chi connectivity index (χ2v) is 6.97. The lowest BCUT2D eigenvalue weighted by Gasteiger charge is -2.10. The molecule has 0 bridgehead atoms. The molecule has 0 aromatic heterocycles. The van der Waals surface area contributed by atoms with Crippen molar-refractivity contribution >= 4 is 27.5 Å². The van der Waals surface area contributed by atoms with Crippen LogP contribution in [0.5, 0.6) is 5.75 Å². The van der Waals surface area contributed by atoms with E-state index in [4.69, 9.17) is 4.74 Å².